The van der Waals surface area contributed by atoms with Crippen molar-refractivity contribution in [3.05, 3.63) is 60.2 Å². The second kappa shape index (κ2) is 10.4. The minimum absolute atomic E-state index is 0.0881. The van der Waals surface area contributed by atoms with Crippen LogP contribution in [0.4, 0.5) is 5.69 Å². The van der Waals surface area contributed by atoms with Crippen LogP contribution in [0.5, 0.6) is 5.75 Å². The van der Waals surface area contributed by atoms with Gasteiger partial charge in [-0.15, -0.1) is 0 Å². The first-order valence-corrected chi connectivity index (χ1v) is 9.85. The lowest BCUT2D eigenvalue weighted by atomic mass is 10.2. The van der Waals surface area contributed by atoms with Gasteiger partial charge in [-0.2, -0.15) is 0 Å². The van der Waals surface area contributed by atoms with E-state index in [1.165, 1.54) is 5.69 Å². The summed E-state index contributed by atoms with van der Waals surface area (Å²) < 4.78 is 5.17. The van der Waals surface area contributed by atoms with Gasteiger partial charge in [-0.05, 0) is 29.8 Å². The van der Waals surface area contributed by atoms with Gasteiger partial charge in [0, 0.05) is 45.5 Å². The molecule has 1 aliphatic heterocycles. The molecule has 0 atom stereocenters. The average molecular weight is 396 g/mol. The van der Waals surface area contributed by atoms with Gasteiger partial charge in [-0.1, -0.05) is 30.3 Å². The van der Waals surface area contributed by atoms with Crippen LogP contribution in [0.3, 0.4) is 0 Å². The molecular weight excluding hydrogens is 366 g/mol. The van der Waals surface area contributed by atoms with Crippen LogP contribution in [0.15, 0.2) is 59.6 Å². The Morgan fingerprint density at radius 2 is 1.69 bits per heavy atom. The van der Waals surface area contributed by atoms with Crippen molar-refractivity contribution in [2.24, 2.45) is 4.99 Å². The molecule has 0 radical (unpaired) electrons. The maximum atomic E-state index is 12.6. The Bertz CT molecular complexity index is 800. The summed E-state index contributed by atoms with van der Waals surface area (Å²) in [6.07, 6.45) is 0. The van der Waals surface area contributed by atoms with Crippen LogP contribution < -0.4 is 20.3 Å². The second-order valence-electron chi connectivity index (χ2n) is 6.83. The van der Waals surface area contributed by atoms with Crippen LogP contribution >= 0.6 is 0 Å². The number of methoxy groups -OCH3 is 1. The molecule has 1 saturated heterocycles. The number of hydrogen-bond acceptors (Lipinski definition) is 4. The minimum Gasteiger partial charge on any atom is -0.497 e. The summed E-state index contributed by atoms with van der Waals surface area (Å²) in [5, 5.41) is 6.34. The van der Waals surface area contributed by atoms with Crippen LogP contribution in [-0.4, -0.2) is 63.6 Å². The van der Waals surface area contributed by atoms with Crippen molar-refractivity contribution in [3.8, 4) is 5.75 Å². The molecule has 0 aromatic heterocycles. The molecule has 2 aromatic carbocycles. The zero-order chi connectivity index (χ0) is 20.5. The summed E-state index contributed by atoms with van der Waals surface area (Å²) in [5.74, 6) is 1.52. The summed E-state index contributed by atoms with van der Waals surface area (Å²) >= 11 is 0. The van der Waals surface area contributed by atoms with E-state index in [0.717, 1.165) is 37.5 Å². The van der Waals surface area contributed by atoms with E-state index < -0.39 is 0 Å². The number of anilines is 1. The Labute approximate surface area is 172 Å². The van der Waals surface area contributed by atoms with E-state index in [2.05, 4.69) is 32.7 Å². The van der Waals surface area contributed by atoms with Gasteiger partial charge in [-0.25, -0.2) is 0 Å². The first kappa shape index (κ1) is 20.5. The quantitative estimate of drug-likeness (QED) is 0.576. The highest BCUT2D eigenvalue weighted by Gasteiger charge is 2.21. The van der Waals surface area contributed by atoms with Crippen molar-refractivity contribution in [2.45, 2.75) is 6.54 Å². The fourth-order valence-electron chi connectivity index (χ4n) is 3.27. The largest absolute Gasteiger partial charge is 0.497 e. The number of carbonyl (C=O) groups is 1. The fraction of sp³-hybridized carbons (Fsp3) is 0.364. The third-order valence-electron chi connectivity index (χ3n) is 5.00. The molecule has 154 valence electrons. The van der Waals surface area contributed by atoms with Crippen molar-refractivity contribution in [3.63, 3.8) is 0 Å². The highest BCUT2D eigenvalue weighted by Crippen LogP contribution is 2.15. The molecule has 0 unspecified atom stereocenters. The number of guanidine groups is 1. The Hall–Kier alpha value is -3.22. The van der Waals surface area contributed by atoms with Gasteiger partial charge in [0.15, 0.2) is 5.96 Å². The average Bonchev–Trinajstić information content (AvgIpc) is 2.80. The number of ether oxygens (including phenoxy) is 1. The molecule has 1 amide bonds. The van der Waals surface area contributed by atoms with Gasteiger partial charge in [0.25, 0.3) is 0 Å². The smallest absolute Gasteiger partial charge is 0.242 e. The molecule has 29 heavy (non-hydrogen) atoms. The molecule has 2 N–H and O–H groups in total. The summed E-state index contributed by atoms with van der Waals surface area (Å²) in [7, 11) is 3.35. The fourth-order valence-corrected chi connectivity index (χ4v) is 3.27. The highest BCUT2D eigenvalue weighted by molar-refractivity contribution is 5.86. The van der Waals surface area contributed by atoms with Crippen LogP contribution in [0.1, 0.15) is 5.56 Å². The summed E-state index contributed by atoms with van der Waals surface area (Å²) in [5.41, 5.74) is 2.32. The number of nitrogens with zero attached hydrogens (tertiary/aromatic N) is 3. The van der Waals surface area contributed by atoms with Crippen molar-refractivity contribution in [1.82, 2.24) is 15.5 Å². The zero-order valence-electron chi connectivity index (χ0n) is 17.1. The molecule has 7 nitrogen and oxygen atoms in total. The molecule has 7 heteroatoms. The normalized spacial score (nSPS) is 14.5. The van der Waals surface area contributed by atoms with Gasteiger partial charge >= 0.3 is 0 Å². The molecule has 1 fully saturated rings. The van der Waals surface area contributed by atoms with Crippen LogP contribution in [-0.2, 0) is 11.3 Å². The monoisotopic (exact) mass is 395 g/mol. The van der Waals surface area contributed by atoms with Gasteiger partial charge < -0.3 is 25.2 Å². The summed E-state index contributed by atoms with van der Waals surface area (Å²) in [6.45, 7) is 4.00. The Morgan fingerprint density at radius 1 is 1.00 bits per heavy atom. The second-order valence-corrected chi connectivity index (χ2v) is 6.83. The predicted octanol–water partition coefficient (Wildman–Crippen LogP) is 1.71. The molecule has 1 aliphatic rings. The first-order valence-electron chi connectivity index (χ1n) is 9.85. The van der Waals surface area contributed by atoms with Gasteiger partial charge in [0.1, 0.15) is 5.75 Å². The Balaban J connectivity index is 1.40. The highest BCUT2D eigenvalue weighted by atomic mass is 16.5. The first-order chi connectivity index (χ1) is 14.2. The molecule has 0 spiro atoms. The SMILES string of the molecule is CN=C(NCC(=O)N1CCN(c2ccccc2)CC1)NCc1ccc(OC)cc1. The predicted molar refractivity (Wildman–Crippen MR) is 116 cm³/mol. The van der Waals surface area contributed by atoms with Gasteiger partial charge in [0.05, 0.1) is 13.7 Å². The lowest BCUT2D eigenvalue weighted by molar-refractivity contribution is -0.130. The molecule has 0 saturated carbocycles. The van der Waals surface area contributed by atoms with Gasteiger partial charge in [-0.3, -0.25) is 9.79 Å². The number of carbonyl (C=O) groups excluding carboxylic acids is 1. The molecule has 1 heterocycles. The third kappa shape index (κ3) is 5.88. The van der Waals surface area contributed by atoms with E-state index in [0.29, 0.717) is 12.5 Å². The number of amides is 1. The summed E-state index contributed by atoms with van der Waals surface area (Å²) in [4.78, 5) is 21.0. The topological polar surface area (TPSA) is 69.2 Å². The van der Waals surface area contributed by atoms with Gasteiger partial charge in [0.2, 0.25) is 5.91 Å². The number of benzene rings is 2. The standard InChI is InChI=1S/C22H29N5O2/c1-23-22(24-16-18-8-10-20(29-2)11-9-18)25-17-21(28)27-14-12-26(13-15-27)19-6-4-3-5-7-19/h3-11H,12-17H2,1-2H3,(H2,23,24,25). The van der Waals surface area contributed by atoms with E-state index in [4.69, 9.17) is 4.74 Å². The number of piperazine rings is 1. The van der Waals surface area contributed by atoms with E-state index in [9.17, 15) is 4.79 Å². The maximum Gasteiger partial charge on any atom is 0.242 e. The number of hydrogen-bond donors (Lipinski definition) is 2. The van der Waals surface area contributed by atoms with E-state index in [-0.39, 0.29) is 12.5 Å². The van der Waals surface area contributed by atoms with Crippen molar-refractivity contribution in [1.29, 1.82) is 0 Å². The number of rotatable bonds is 6. The third-order valence-corrected chi connectivity index (χ3v) is 5.00. The van der Waals surface area contributed by atoms with Crippen LogP contribution in [0.2, 0.25) is 0 Å². The molecule has 0 bridgehead atoms. The number of para-hydroxylation sites is 1. The van der Waals surface area contributed by atoms with Crippen LogP contribution in [0.25, 0.3) is 0 Å². The van der Waals surface area contributed by atoms with Crippen molar-refractivity contribution in [2.75, 3.05) is 51.8 Å². The van der Waals surface area contributed by atoms with E-state index in [1.807, 2.05) is 47.4 Å². The summed E-state index contributed by atoms with van der Waals surface area (Å²) in [6, 6.07) is 18.2. The van der Waals surface area contributed by atoms with Crippen LogP contribution in [0, 0.1) is 0 Å². The molecule has 0 aliphatic carbocycles. The van der Waals surface area contributed by atoms with Crippen molar-refractivity contribution >= 4 is 17.6 Å². The minimum atomic E-state index is 0.0881. The molecule has 2 aromatic rings. The lowest BCUT2D eigenvalue weighted by Crippen LogP contribution is -2.52. The Morgan fingerprint density at radius 3 is 2.31 bits per heavy atom. The molecule has 3 rings (SSSR count). The maximum absolute atomic E-state index is 12.6. The zero-order valence-corrected chi connectivity index (χ0v) is 17.1. The Kier molecular flexibility index (Phi) is 7.33. The molecular formula is C22H29N5O2. The number of nitrogens with one attached hydrogen (secondary N) is 2. The van der Waals surface area contributed by atoms with E-state index >= 15 is 0 Å². The number of aliphatic imine (C=N–C) groups is 1. The van der Waals surface area contributed by atoms with E-state index in [1.54, 1.807) is 14.2 Å². The van der Waals surface area contributed by atoms with Crippen molar-refractivity contribution < 1.29 is 9.53 Å². The lowest BCUT2D eigenvalue weighted by Gasteiger charge is -2.36.